The van der Waals surface area contributed by atoms with Gasteiger partial charge >= 0.3 is 5.97 Å². The summed E-state index contributed by atoms with van der Waals surface area (Å²) in [7, 11) is 1.68. The predicted octanol–water partition coefficient (Wildman–Crippen LogP) is 2.94. The van der Waals surface area contributed by atoms with Gasteiger partial charge in [0.2, 0.25) is 0 Å². The first-order valence-corrected chi connectivity index (χ1v) is 8.61. The lowest BCUT2D eigenvalue weighted by Crippen LogP contribution is -2.41. The van der Waals surface area contributed by atoms with Crippen molar-refractivity contribution in [2.24, 2.45) is 5.92 Å². The Morgan fingerprint density at radius 2 is 2.17 bits per heavy atom. The van der Waals surface area contributed by atoms with Gasteiger partial charge in [0.05, 0.1) is 13.5 Å². The lowest BCUT2D eigenvalue weighted by Gasteiger charge is -2.35. The van der Waals surface area contributed by atoms with Crippen LogP contribution >= 0.6 is 0 Å². The second-order valence-corrected chi connectivity index (χ2v) is 7.35. The minimum absolute atomic E-state index is 0.122. The number of ether oxygens (including phenoxy) is 2. The summed E-state index contributed by atoms with van der Waals surface area (Å²) in [5, 5.41) is 13.5. The highest BCUT2D eigenvalue weighted by molar-refractivity contribution is 5.88. The molecule has 2 fully saturated rings. The lowest BCUT2D eigenvalue weighted by molar-refractivity contribution is -0.142. The summed E-state index contributed by atoms with van der Waals surface area (Å²) in [5.41, 5.74) is 1.74. The van der Waals surface area contributed by atoms with Crippen molar-refractivity contribution in [3.63, 3.8) is 0 Å². The first-order valence-electron chi connectivity index (χ1n) is 8.61. The van der Waals surface area contributed by atoms with Crippen molar-refractivity contribution in [3.05, 3.63) is 41.5 Å². The second kappa shape index (κ2) is 4.73. The van der Waals surface area contributed by atoms with Gasteiger partial charge in [-0.15, -0.1) is 0 Å². The molecule has 2 aliphatic carbocycles. The molecule has 0 spiro atoms. The fourth-order valence-electron chi connectivity index (χ4n) is 5.25. The number of hydrogen-bond acceptors (Lipinski definition) is 4. The van der Waals surface area contributed by atoms with E-state index in [2.05, 4.69) is 24.3 Å². The molecule has 2 aromatic carbocycles. The molecule has 5 rings (SSSR count). The lowest BCUT2D eigenvalue weighted by atomic mass is 9.71. The zero-order chi connectivity index (χ0) is 16.5. The molecule has 124 valence electrons. The Morgan fingerprint density at radius 1 is 1.29 bits per heavy atom. The van der Waals surface area contributed by atoms with Crippen LogP contribution in [0.1, 0.15) is 36.3 Å². The zero-order valence-electron chi connectivity index (χ0n) is 13.6. The fourth-order valence-corrected chi connectivity index (χ4v) is 5.25. The van der Waals surface area contributed by atoms with Crippen LogP contribution in [0.5, 0.6) is 5.75 Å². The molecule has 4 unspecified atom stereocenters. The van der Waals surface area contributed by atoms with Gasteiger partial charge in [0, 0.05) is 0 Å². The first-order chi connectivity index (χ1) is 11.6. The summed E-state index contributed by atoms with van der Waals surface area (Å²) in [6, 6.07) is 10.6. The van der Waals surface area contributed by atoms with Crippen molar-refractivity contribution in [2.45, 2.75) is 43.3 Å². The van der Waals surface area contributed by atoms with Crippen LogP contribution in [0.25, 0.3) is 10.8 Å². The van der Waals surface area contributed by atoms with Crippen molar-refractivity contribution >= 4 is 16.7 Å². The Kier molecular flexibility index (Phi) is 2.82. The molecule has 0 bridgehead atoms. The Balaban J connectivity index is 1.61. The van der Waals surface area contributed by atoms with E-state index < -0.39 is 5.60 Å². The number of aryl methyl sites for hydroxylation is 1. The van der Waals surface area contributed by atoms with Crippen molar-refractivity contribution in [1.82, 2.24) is 0 Å². The standard InChI is InChI=1S/C20H20O4/c1-23-12-3-5-13-11(8-12)2-4-15-14(13)6-7-17-16(15)9-18-20(17,22)10-19(21)24-18/h2-5,8,16-18,22H,6-7,9-10H2,1H3. The predicted molar refractivity (Wildman–Crippen MR) is 89.1 cm³/mol. The van der Waals surface area contributed by atoms with E-state index in [1.165, 1.54) is 21.9 Å². The van der Waals surface area contributed by atoms with Crippen LogP contribution in [-0.4, -0.2) is 29.9 Å². The summed E-state index contributed by atoms with van der Waals surface area (Å²) in [4.78, 5) is 11.6. The monoisotopic (exact) mass is 324 g/mol. The molecule has 24 heavy (non-hydrogen) atoms. The minimum Gasteiger partial charge on any atom is -0.497 e. The third-order valence-electron chi connectivity index (χ3n) is 6.33. The average Bonchev–Trinajstić information content (AvgIpc) is 3.02. The summed E-state index contributed by atoms with van der Waals surface area (Å²) < 4.78 is 10.7. The average molecular weight is 324 g/mol. The maximum atomic E-state index is 11.6. The number of carbonyl (C=O) groups excluding carboxylic acids is 1. The highest BCUT2D eigenvalue weighted by Crippen LogP contribution is 2.57. The normalized spacial score (nSPS) is 33.8. The Morgan fingerprint density at radius 3 is 3.00 bits per heavy atom. The zero-order valence-corrected chi connectivity index (χ0v) is 13.6. The van der Waals surface area contributed by atoms with Gasteiger partial charge in [-0.2, -0.15) is 0 Å². The van der Waals surface area contributed by atoms with Gasteiger partial charge in [-0.1, -0.05) is 18.2 Å². The number of fused-ring (bicyclic) bond motifs is 7. The topological polar surface area (TPSA) is 55.8 Å². The number of methoxy groups -OCH3 is 1. The largest absolute Gasteiger partial charge is 0.497 e. The van der Waals surface area contributed by atoms with E-state index in [0.29, 0.717) is 0 Å². The molecule has 2 aromatic rings. The third kappa shape index (κ3) is 1.75. The molecular formula is C20H20O4. The van der Waals surface area contributed by atoms with Gasteiger partial charge in [0.15, 0.2) is 0 Å². The number of rotatable bonds is 1. The molecule has 4 nitrogen and oxygen atoms in total. The first kappa shape index (κ1) is 14.3. The van der Waals surface area contributed by atoms with Crippen LogP contribution in [-0.2, 0) is 16.0 Å². The van der Waals surface area contributed by atoms with Gasteiger partial charge in [0.25, 0.3) is 0 Å². The summed E-state index contributed by atoms with van der Waals surface area (Å²) in [6.07, 6.45) is 2.40. The van der Waals surface area contributed by atoms with E-state index in [-0.39, 0.29) is 30.3 Å². The summed E-state index contributed by atoms with van der Waals surface area (Å²) in [6.45, 7) is 0. The molecule has 0 radical (unpaired) electrons. The number of esters is 1. The SMILES string of the molecule is COc1ccc2c3c(ccc2c1)C1CC2OC(=O)CC2(O)C1CC3. The van der Waals surface area contributed by atoms with E-state index in [1.54, 1.807) is 7.11 Å². The molecular weight excluding hydrogens is 304 g/mol. The molecule has 1 saturated heterocycles. The number of benzene rings is 2. The fraction of sp³-hybridized carbons (Fsp3) is 0.450. The Hall–Kier alpha value is -2.07. The number of carbonyl (C=O) groups is 1. The van der Waals surface area contributed by atoms with Crippen LogP contribution in [0.15, 0.2) is 30.3 Å². The van der Waals surface area contributed by atoms with Crippen LogP contribution < -0.4 is 4.74 Å². The molecule has 4 atom stereocenters. The van der Waals surface area contributed by atoms with Crippen LogP contribution in [0, 0.1) is 5.92 Å². The van der Waals surface area contributed by atoms with E-state index in [4.69, 9.17) is 9.47 Å². The maximum Gasteiger partial charge on any atom is 0.309 e. The van der Waals surface area contributed by atoms with Crippen molar-refractivity contribution in [2.75, 3.05) is 7.11 Å². The van der Waals surface area contributed by atoms with Crippen molar-refractivity contribution in [3.8, 4) is 5.75 Å². The van der Waals surface area contributed by atoms with Crippen LogP contribution in [0.2, 0.25) is 0 Å². The minimum atomic E-state index is -0.964. The molecule has 1 aliphatic heterocycles. The second-order valence-electron chi connectivity index (χ2n) is 7.35. The van der Waals surface area contributed by atoms with Gasteiger partial charge in [-0.05, 0) is 65.1 Å². The smallest absolute Gasteiger partial charge is 0.309 e. The molecule has 3 aliphatic rings. The van der Waals surface area contributed by atoms with Crippen molar-refractivity contribution in [1.29, 1.82) is 0 Å². The van der Waals surface area contributed by atoms with Gasteiger partial charge in [-0.25, -0.2) is 0 Å². The highest BCUT2D eigenvalue weighted by atomic mass is 16.6. The molecule has 0 aromatic heterocycles. The molecule has 1 heterocycles. The molecule has 1 saturated carbocycles. The summed E-state index contributed by atoms with van der Waals surface area (Å²) >= 11 is 0. The molecule has 4 heteroatoms. The summed E-state index contributed by atoms with van der Waals surface area (Å²) in [5.74, 6) is 1.02. The van der Waals surface area contributed by atoms with Gasteiger partial charge in [-0.3, -0.25) is 4.79 Å². The number of aliphatic hydroxyl groups is 1. The Bertz CT molecular complexity index is 858. The number of hydrogen-bond donors (Lipinski definition) is 1. The van der Waals surface area contributed by atoms with Crippen molar-refractivity contribution < 1.29 is 19.4 Å². The van der Waals surface area contributed by atoms with Crippen LogP contribution in [0.4, 0.5) is 0 Å². The third-order valence-corrected chi connectivity index (χ3v) is 6.33. The van der Waals surface area contributed by atoms with Gasteiger partial charge in [0.1, 0.15) is 17.5 Å². The Labute approximate surface area is 140 Å². The van der Waals surface area contributed by atoms with Gasteiger partial charge < -0.3 is 14.6 Å². The highest BCUT2D eigenvalue weighted by Gasteiger charge is 2.61. The molecule has 1 N–H and O–H groups in total. The van der Waals surface area contributed by atoms with Crippen LogP contribution in [0.3, 0.4) is 0 Å². The quantitative estimate of drug-likeness (QED) is 0.820. The van der Waals surface area contributed by atoms with E-state index in [1.807, 2.05) is 6.07 Å². The molecule has 0 amide bonds. The maximum absolute atomic E-state index is 11.6. The van der Waals surface area contributed by atoms with E-state index >= 15 is 0 Å². The van der Waals surface area contributed by atoms with E-state index in [9.17, 15) is 9.90 Å². The van der Waals surface area contributed by atoms with E-state index in [0.717, 1.165) is 25.0 Å².